The molecule has 0 aliphatic carbocycles. The third kappa shape index (κ3) is 5.04. The van der Waals surface area contributed by atoms with Crippen molar-refractivity contribution in [1.29, 1.82) is 0 Å². The topological polar surface area (TPSA) is 75.3 Å². The van der Waals surface area contributed by atoms with E-state index in [1.165, 1.54) is 0 Å². The van der Waals surface area contributed by atoms with Gasteiger partial charge in [0.05, 0.1) is 27.9 Å². The van der Waals surface area contributed by atoms with E-state index in [1.807, 2.05) is 6.92 Å². The van der Waals surface area contributed by atoms with Crippen LogP contribution in [0.25, 0.3) is 0 Å². The van der Waals surface area contributed by atoms with Crippen molar-refractivity contribution in [2.75, 3.05) is 47.0 Å². The van der Waals surface area contributed by atoms with Gasteiger partial charge in [0, 0.05) is 30.0 Å². The average molecular weight is 375 g/mol. The zero-order chi connectivity index (χ0) is 19.8. The van der Waals surface area contributed by atoms with E-state index in [-0.39, 0.29) is 5.91 Å². The molecule has 2 rings (SSSR count). The Bertz CT molecular complexity index is 765. The number of ether oxygens (including phenoxy) is 5. The van der Waals surface area contributed by atoms with Crippen molar-refractivity contribution >= 4 is 11.6 Å². The Balaban J connectivity index is 2.23. The third-order valence-electron chi connectivity index (χ3n) is 3.98. The number of rotatable bonds is 9. The van der Waals surface area contributed by atoms with Crippen LogP contribution >= 0.6 is 0 Å². The molecular weight excluding hydrogens is 350 g/mol. The maximum Gasteiger partial charge on any atom is 0.255 e. The van der Waals surface area contributed by atoms with Gasteiger partial charge >= 0.3 is 0 Å². The van der Waals surface area contributed by atoms with Crippen LogP contribution < -0.4 is 24.3 Å². The maximum absolute atomic E-state index is 12.7. The highest BCUT2D eigenvalue weighted by Crippen LogP contribution is 2.32. The Hall–Kier alpha value is -2.93. The van der Waals surface area contributed by atoms with Crippen molar-refractivity contribution in [3.8, 4) is 23.0 Å². The van der Waals surface area contributed by atoms with Crippen LogP contribution in [0.3, 0.4) is 0 Å². The summed E-state index contributed by atoms with van der Waals surface area (Å²) in [7, 11) is 6.26. The minimum absolute atomic E-state index is 0.292. The number of carbonyl (C=O) groups excluding carboxylic acids is 1. The van der Waals surface area contributed by atoms with E-state index in [9.17, 15) is 4.79 Å². The number of hydrogen-bond donors (Lipinski definition) is 1. The van der Waals surface area contributed by atoms with Gasteiger partial charge in [0.15, 0.2) is 11.5 Å². The van der Waals surface area contributed by atoms with E-state index in [0.717, 1.165) is 5.56 Å². The Labute approximate surface area is 159 Å². The van der Waals surface area contributed by atoms with Crippen LogP contribution in [0.5, 0.6) is 23.0 Å². The molecule has 0 aliphatic heterocycles. The van der Waals surface area contributed by atoms with E-state index in [4.69, 9.17) is 23.7 Å². The van der Waals surface area contributed by atoms with Crippen molar-refractivity contribution in [2.24, 2.45) is 0 Å². The molecule has 0 fully saturated rings. The second-order valence-electron chi connectivity index (χ2n) is 5.67. The van der Waals surface area contributed by atoms with Crippen molar-refractivity contribution in [1.82, 2.24) is 0 Å². The molecule has 7 heteroatoms. The molecule has 2 aromatic rings. The Morgan fingerprint density at radius 2 is 1.48 bits per heavy atom. The first-order valence-corrected chi connectivity index (χ1v) is 8.37. The Morgan fingerprint density at radius 3 is 2.04 bits per heavy atom. The standard InChI is InChI=1S/C20H25NO6/c1-13-17(25-4)10-14(11-18(13)26-5)20(22)21-15-6-7-16(24-3)19(12-15)27-9-8-23-2/h6-7,10-12H,8-9H2,1-5H3,(H,21,22). The number of methoxy groups -OCH3 is 4. The van der Waals surface area contributed by atoms with Gasteiger partial charge in [0.2, 0.25) is 0 Å². The number of hydrogen-bond acceptors (Lipinski definition) is 6. The summed E-state index contributed by atoms with van der Waals surface area (Å²) >= 11 is 0. The van der Waals surface area contributed by atoms with Crippen molar-refractivity contribution in [3.63, 3.8) is 0 Å². The second kappa shape index (κ2) is 9.68. The van der Waals surface area contributed by atoms with Crippen molar-refractivity contribution in [3.05, 3.63) is 41.5 Å². The van der Waals surface area contributed by atoms with Crippen molar-refractivity contribution < 1.29 is 28.5 Å². The first kappa shape index (κ1) is 20.4. The van der Waals surface area contributed by atoms with E-state index in [2.05, 4.69) is 5.32 Å². The first-order valence-electron chi connectivity index (χ1n) is 8.37. The van der Waals surface area contributed by atoms with Crippen LogP contribution in [0.2, 0.25) is 0 Å². The number of amides is 1. The minimum Gasteiger partial charge on any atom is -0.496 e. The SMILES string of the molecule is COCCOc1cc(NC(=O)c2cc(OC)c(C)c(OC)c2)ccc1OC. The van der Waals surface area contributed by atoms with Gasteiger partial charge in [-0.1, -0.05) is 0 Å². The summed E-state index contributed by atoms with van der Waals surface area (Å²) in [6.07, 6.45) is 0. The van der Waals surface area contributed by atoms with E-state index < -0.39 is 0 Å². The van der Waals surface area contributed by atoms with Crippen LogP contribution in [-0.4, -0.2) is 47.6 Å². The van der Waals surface area contributed by atoms with Gasteiger partial charge in [-0.05, 0) is 31.2 Å². The fraction of sp³-hybridized carbons (Fsp3) is 0.350. The second-order valence-corrected chi connectivity index (χ2v) is 5.67. The summed E-state index contributed by atoms with van der Waals surface area (Å²) in [6, 6.07) is 8.52. The van der Waals surface area contributed by atoms with Gasteiger partial charge in [0.1, 0.15) is 18.1 Å². The number of anilines is 1. The zero-order valence-corrected chi connectivity index (χ0v) is 16.3. The molecule has 0 saturated heterocycles. The summed E-state index contributed by atoms with van der Waals surface area (Å²) in [5.74, 6) is 1.96. The quantitative estimate of drug-likeness (QED) is 0.678. The van der Waals surface area contributed by atoms with E-state index in [1.54, 1.807) is 58.8 Å². The maximum atomic E-state index is 12.7. The van der Waals surface area contributed by atoms with Crippen molar-refractivity contribution in [2.45, 2.75) is 6.92 Å². The Morgan fingerprint density at radius 1 is 0.852 bits per heavy atom. The van der Waals surface area contributed by atoms with E-state index in [0.29, 0.717) is 47.5 Å². The molecular formula is C20H25NO6. The highest BCUT2D eigenvalue weighted by Gasteiger charge is 2.15. The summed E-state index contributed by atoms with van der Waals surface area (Å²) < 4.78 is 26.6. The van der Waals surface area contributed by atoms with Crippen LogP contribution in [0, 0.1) is 6.92 Å². The molecule has 0 heterocycles. The minimum atomic E-state index is -0.292. The van der Waals surface area contributed by atoms with Crippen LogP contribution in [0.1, 0.15) is 15.9 Å². The zero-order valence-electron chi connectivity index (χ0n) is 16.3. The molecule has 0 radical (unpaired) electrons. The molecule has 0 spiro atoms. The monoisotopic (exact) mass is 375 g/mol. The summed E-state index contributed by atoms with van der Waals surface area (Å²) in [6.45, 7) is 2.69. The van der Waals surface area contributed by atoms with Crippen LogP contribution in [0.4, 0.5) is 5.69 Å². The lowest BCUT2D eigenvalue weighted by Crippen LogP contribution is -2.13. The van der Waals surface area contributed by atoms with Crippen LogP contribution in [-0.2, 0) is 4.74 Å². The lowest BCUT2D eigenvalue weighted by Gasteiger charge is -2.14. The largest absolute Gasteiger partial charge is 0.496 e. The van der Waals surface area contributed by atoms with Gasteiger partial charge in [-0.3, -0.25) is 4.79 Å². The lowest BCUT2D eigenvalue weighted by molar-refractivity contribution is 0.102. The third-order valence-corrected chi connectivity index (χ3v) is 3.98. The summed E-state index contributed by atoms with van der Waals surface area (Å²) in [5.41, 5.74) is 1.83. The molecule has 2 aromatic carbocycles. The number of carbonyl (C=O) groups is 1. The predicted molar refractivity (Wildman–Crippen MR) is 103 cm³/mol. The fourth-order valence-corrected chi connectivity index (χ4v) is 2.52. The summed E-state index contributed by atoms with van der Waals surface area (Å²) in [4.78, 5) is 12.7. The molecule has 0 unspecified atom stereocenters. The number of benzene rings is 2. The molecule has 0 aromatic heterocycles. The Kier molecular flexibility index (Phi) is 7.31. The summed E-state index contributed by atoms with van der Waals surface area (Å²) in [5, 5.41) is 2.85. The molecule has 146 valence electrons. The molecule has 0 aliphatic rings. The molecule has 1 N–H and O–H groups in total. The first-order chi connectivity index (χ1) is 13.0. The highest BCUT2D eigenvalue weighted by molar-refractivity contribution is 6.05. The molecule has 0 atom stereocenters. The molecule has 1 amide bonds. The molecule has 0 saturated carbocycles. The molecule has 0 bridgehead atoms. The van der Waals surface area contributed by atoms with Crippen LogP contribution in [0.15, 0.2) is 30.3 Å². The molecule has 27 heavy (non-hydrogen) atoms. The normalized spacial score (nSPS) is 10.3. The van der Waals surface area contributed by atoms with E-state index >= 15 is 0 Å². The fourth-order valence-electron chi connectivity index (χ4n) is 2.52. The predicted octanol–water partition coefficient (Wildman–Crippen LogP) is 3.30. The van der Waals surface area contributed by atoms with Gasteiger partial charge in [-0.25, -0.2) is 0 Å². The van der Waals surface area contributed by atoms with Gasteiger partial charge in [0.25, 0.3) is 5.91 Å². The lowest BCUT2D eigenvalue weighted by atomic mass is 10.1. The van der Waals surface area contributed by atoms with Gasteiger partial charge in [-0.15, -0.1) is 0 Å². The van der Waals surface area contributed by atoms with Gasteiger partial charge < -0.3 is 29.0 Å². The van der Waals surface area contributed by atoms with Gasteiger partial charge in [-0.2, -0.15) is 0 Å². The smallest absolute Gasteiger partial charge is 0.255 e. The highest BCUT2D eigenvalue weighted by atomic mass is 16.5. The number of nitrogens with one attached hydrogen (secondary N) is 1. The molecule has 7 nitrogen and oxygen atoms in total. The average Bonchev–Trinajstić information content (AvgIpc) is 2.68.